The summed E-state index contributed by atoms with van der Waals surface area (Å²) in [6.07, 6.45) is 0.809. The largest absolute Gasteiger partial charge is 0.352 e. The maximum absolute atomic E-state index is 12.7. The molecular formula is C22H23N3O4S2. The van der Waals surface area contributed by atoms with Crippen LogP contribution in [0.4, 0.5) is 11.4 Å². The summed E-state index contributed by atoms with van der Waals surface area (Å²) in [5.74, 6) is -0.653. The van der Waals surface area contributed by atoms with Gasteiger partial charge in [-0.15, -0.1) is 11.3 Å². The number of nitrogens with one attached hydrogen (secondary N) is 2. The second-order valence-corrected chi connectivity index (χ2v) is 9.85. The van der Waals surface area contributed by atoms with Gasteiger partial charge in [0.05, 0.1) is 16.9 Å². The monoisotopic (exact) mass is 457 g/mol. The zero-order chi connectivity index (χ0) is 22.4. The fraction of sp³-hybridized carbons (Fsp3) is 0.182. The minimum atomic E-state index is -3.65. The van der Waals surface area contributed by atoms with Gasteiger partial charge in [-0.05, 0) is 54.3 Å². The zero-order valence-electron chi connectivity index (χ0n) is 17.2. The first-order valence-corrected chi connectivity index (χ1v) is 12.0. The van der Waals surface area contributed by atoms with Crippen molar-refractivity contribution >= 4 is 44.5 Å². The van der Waals surface area contributed by atoms with Crippen molar-refractivity contribution in [1.82, 2.24) is 5.32 Å². The number of anilines is 2. The molecule has 31 heavy (non-hydrogen) atoms. The maximum Gasteiger partial charge on any atom is 0.273 e. The highest BCUT2D eigenvalue weighted by Gasteiger charge is 2.22. The number of rotatable bonds is 8. The van der Waals surface area contributed by atoms with Crippen molar-refractivity contribution in [3.63, 3.8) is 0 Å². The molecule has 3 aromatic rings. The van der Waals surface area contributed by atoms with Gasteiger partial charge in [0, 0.05) is 19.2 Å². The van der Waals surface area contributed by atoms with Crippen molar-refractivity contribution in [2.45, 2.75) is 17.6 Å². The third-order valence-electron chi connectivity index (χ3n) is 4.56. The van der Waals surface area contributed by atoms with Crippen molar-refractivity contribution in [1.29, 1.82) is 0 Å². The van der Waals surface area contributed by atoms with Crippen molar-refractivity contribution < 1.29 is 18.0 Å². The molecule has 9 heteroatoms. The molecule has 162 valence electrons. The molecule has 0 saturated heterocycles. The van der Waals surface area contributed by atoms with Gasteiger partial charge in [0.25, 0.3) is 21.8 Å². The third-order valence-corrected chi connectivity index (χ3v) is 7.72. The lowest BCUT2D eigenvalue weighted by molar-refractivity contribution is 0.0954. The molecule has 3 rings (SSSR count). The van der Waals surface area contributed by atoms with Crippen LogP contribution in [0.1, 0.15) is 34.1 Å². The molecule has 0 spiro atoms. The van der Waals surface area contributed by atoms with E-state index in [-0.39, 0.29) is 10.1 Å². The Bertz CT molecular complexity index is 1160. The van der Waals surface area contributed by atoms with Crippen LogP contribution in [0, 0.1) is 0 Å². The van der Waals surface area contributed by atoms with Gasteiger partial charge in [0.2, 0.25) is 0 Å². The van der Waals surface area contributed by atoms with Gasteiger partial charge >= 0.3 is 0 Å². The van der Waals surface area contributed by atoms with Crippen LogP contribution in [0.25, 0.3) is 0 Å². The van der Waals surface area contributed by atoms with Crippen molar-refractivity contribution in [2.24, 2.45) is 0 Å². The summed E-state index contributed by atoms with van der Waals surface area (Å²) in [7, 11) is -2.18. The molecular weight excluding hydrogens is 434 g/mol. The predicted molar refractivity (Wildman–Crippen MR) is 123 cm³/mol. The van der Waals surface area contributed by atoms with Crippen LogP contribution in [-0.2, 0) is 10.0 Å². The molecule has 0 unspecified atom stereocenters. The molecule has 0 radical (unpaired) electrons. The maximum atomic E-state index is 12.7. The average molecular weight is 458 g/mol. The van der Waals surface area contributed by atoms with Crippen LogP contribution in [-0.4, -0.2) is 33.8 Å². The summed E-state index contributed by atoms with van der Waals surface area (Å²) in [4.78, 5) is 25.0. The van der Waals surface area contributed by atoms with Crippen LogP contribution in [0.5, 0.6) is 0 Å². The Morgan fingerprint density at radius 1 is 0.968 bits per heavy atom. The second-order valence-electron chi connectivity index (χ2n) is 6.71. The minimum absolute atomic E-state index is 0.245. The Hall–Kier alpha value is -3.17. The minimum Gasteiger partial charge on any atom is -0.352 e. The van der Waals surface area contributed by atoms with E-state index in [9.17, 15) is 18.0 Å². The van der Waals surface area contributed by atoms with Crippen LogP contribution in [0.2, 0.25) is 0 Å². The van der Waals surface area contributed by atoms with Crippen molar-refractivity contribution in [3.8, 4) is 0 Å². The smallest absolute Gasteiger partial charge is 0.273 e. The van der Waals surface area contributed by atoms with Crippen molar-refractivity contribution in [2.75, 3.05) is 23.2 Å². The number of thiophene rings is 1. The molecule has 0 aliphatic heterocycles. The zero-order valence-corrected chi connectivity index (χ0v) is 18.8. The third kappa shape index (κ3) is 5.12. The number of para-hydroxylation sites is 1. The fourth-order valence-corrected chi connectivity index (χ4v) is 5.18. The summed E-state index contributed by atoms with van der Waals surface area (Å²) in [6.45, 7) is 2.51. The predicted octanol–water partition coefficient (Wildman–Crippen LogP) is 3.97. The van der Waals surface area contributed by atoms with Crippen LogP contribution < -0.4 is 14.9 Å². The van der Waals surface area contributed by atoms with E-state index >= 15 is 0 Å². The van der Waals surface area contributed by atoms with Gasteiger partial charge in [0.15, 0.2) is 0 Å². The van der Waals surface area contributed by atoms with Gasteiger partial charge in [-0.25, -0.2) is 8.42 Å². The van der Waals surface area contributed by atoms with E-state index in [0.29, 0.717) is 29.0 Å². The Morgan fingerprint density at radius 2 is 1.68 bits per heavy atom. The number of hydrogen-bond donors (Lipinski definition) is 2. The molecule has 2 amide bonds. The number of amides is 2. The van der Waals surface area contributed by atoms with E-state index in [2.05, 4.69) is 10.6 Å². The van der Waals surface area contributed by atoms with E-state index < -0.39 is 15.9 Å². The molecule has 0 aliphatic carbocycles. The SMILES string of the molecule is CCCNC(=O)c1ccccc1NC(=O)c1ccc(N(C)S(=O)(=O)c2cccs2)cc1. The molecule has 0 aliphatic rings. The molecule has 0 fully saturated rings. The number of benzene rings is 2. The molecule has 2 aromatic carbocycles. The van der Waals surface area contributed by atoms with Gasteiger partial charge in [0.1, 0.15) is 4.21 Å². The van der Waals surface area contributed by atoms with Crippen LogP contribution >= 0.6 is 11.3 Å². The van der Waals surface area contributed by atoms with Crippen molar-refractivity contribution in [3.05, 3.63) is 77.2 Å². The Morgan fingerprint density at radius 3 is 2.32 bits per heavy atom. The first-order chi connectivity index (χ1) is 14.8. The average Bonchev–Trinajstić information content (AvgIpc) is 3.33. The molecule has 0 saturated carbocycles. The van der Waals surface area contributed by atoms with E-state index in [1.807, 2.05) is 6.92 Å². The number of hydrogen-bond acceptors (Lipinski definition) is 5. The highest BCUT2D eigenvalue weighted by atomic mass is 32.2. The topological polar surface area (TPSA) is 95.6 Å². The fourth-order valence-electron chi connectivity index (χ4n) is 2.83. The van der Waals surface area contributed by atoms with E-state index in [1.54, 1.807) is 66.0 Å². The molecule has 2 N–H and O–H groups in total. The van der Waals surface area contributed by atoms with E-state index in [1.165, 1.54) is 11.4 Å². The standard InChI is InChI=1S/C22H23N3O4S2/c1-3-14-23-22(27)18-7-4-5-8-19(18)24-21(26)16-10-12-17(13-11-16)25(2)31(28,29)20-9-6-15-30-20/h4-13,15H,3,14H2,1-2H3,(H,23,27)(H,24,26). The normalized spacial score (nSPS) is 11.0. The number of carbonyl (C=O) groups excluding carboxylic acids is 2. The Kier molecular flexibility index (Phi) is 7.09. The quantitative estimate of drug-likeness (QED) is 0.535. The lowest BCUT2D eigenvalue weighted by atomic mass is 10.1. The molecule has 1 heterocycles. The molecule has 0 atom stereocenters. The van der Waals surface area contributed by atoms with Crippen LogP contribution in [0.3, 0.4) is 0 Å². The second kappa shape index (κ2) is 9.76. The van der Waals surface area contributed by atoms with E-state index in [4.69, 9.17) is 0 Å². The summed E-state index contributed by atoms with van der Waals surface area (Å²) in [5, 5.41) is 7.25. The van der Waals surface area contributed by atoms with E-state index in [0.717, 1.165) is 17.8 Å². The Balaban J connectivity index is 1.75. The molecule has 7 nitrogen and oxygen atoms in total. The first kappa shape index (κ1) is 22.5. The van der Waals surface area contributed by atoms with Gasteiger partial charge in [-0.1, -0.05) is 25.1 Å². The number of nitrogens with zero attached hydrogens (tertiary/aromatic N) is 1. The molecule has 0 bridgehead atoms. The van der Waals surface area contributed by atoms with Crippen LogP contribution in [0.15, 0.2) is 70.3 Å². The summed E-state index contributed by atoms with van der Waals surface area (Å²) in [5.41, 5.74) is 1.56. The Labute approximate surface area is 185 Å². The highest BCUT2D eigenvalue weighted by Crippen LogP contribution is 2.25. The lowest BCUT2D eigenvalue weighted by Gasteiger charge is -2.18. The number of sulfonamides is 1. The first-order valence-electron chi connectivity index (χ1n) is 9.65. The summed E-state index contributed by atoms with van der Waals surface area (Å²) < 4.78 is 26.7. The highest BCUT2D eigenvalue weighted by molar-refractivity contribution is 7.94. The van der Waals surface area contributed by atoms with Gasteiger partial charge < -0.3 is 10.6 Å². The summed E-state index contributed by atoms with van der Waals surface area (Å²) in [6, 6.07) is 16.2. The van der Waals surface area contributed by atoms with Gasteiger partial charge in [-0.2, -0.15) is 0 Å². The van der Waals surface area contributed by atoms with Gasteiger partial charge in [-0.3, -0.25) is 13.9 Å². The molecule has 1 aromatic heterocycles. The summed E-state index contributed by atoms with van der Waals surface area (Å²) >= 11 is 1.14. The number of carbonyl (C=O) groups is 2. The lowest BCUT2D eigenvalue weighted by Crippen LogP contribution is -2.26.